The van der Waals surface area contributed by atoms with Crippen LogP contribution in [0, 0.1) is 12.8 Å². The van der Waals surface area contributed by atoms with Crippen molar-refractivity contribution in [2.24, 2.45) is 5.92 Å². The molecule has 6 nitrogen and oxygen atoms in total. The molecule has 2 saturated heterocycles. The van der Waals surface area contributed by atoms with Gasteiger partial charge in [0.05, 0.1) is 11.7 Å². The smallest absolute Gasteiger partial charge is 0.266 e. The van der Waals surface area contributed by atoms with Crippen LogP contribution in [-0.4, -0.2) is 57.2 Å². The van der Waals surface area contributed by atoms with Crippen LogP contribution in [0.1, 0.15) is 37.8 Å². The minimum Gasteiger partial charge on any atom is -0.338 e. The fourth-order valence-electron chi connectivity index (χ4n) is 4.15. The molecule has 1 aromatic heterocycles. The number of piperidine rings is 1. The number of carbonyl (C=O) groups excluding carboxylic acids is 1. The van der Waals surface area contributed by atoms with Crippen LogP contribution in [0.3, 0.4) is 0 Å². The van der Waals surface area contributed by atoms with Crippen LogP contribution in [0.15, 0.2) is 16.9 Å². The molecule has 1 unspecified atom stereocenters. The highest BCUT2D eigenvalue weighted by atomic mass is 16.2. The third kappa shape index (κ3) is 3.11. The normalized spacial score (nSPS) is 26.3. The Balaban J connectivity index is 1.33. The van der Waals surface area contributed by atoms with E-state index < -0.39 is 0 Å². The summed E-state index contributed by atoms with van der Waals surface area (Å²) in [6.07, 6.45) is 5.45. The molecule has 1 atom stereocenters. The number of likely N-dealkylation sites (tertiary alicyclic amines) is 2. The van der Waals surface area contributed by atoms with Gasteiger partial charge in [0.25, 0.3) is 5.56 Å². The van der Waals surface area contributed by atoms with Gasteiger partial charge in [-0.3, -0.25) is 14.5 Å². The maximum absolute atomic E-state index is 12.6. The van der Waals surface area contributed by atoms with Gasteiger partial charge in [-0.05, 0) is 64.1 Å². The molecular weight excluding hydrogens is 304 g/mol. The number of aryl methyl sites for hydroxylation is 1. The number of rotatable bonds is 4. The summed E-state index contributed by atoms with van der Waals surface area (Å²) < 4.78 is 1.60. The average Bonchev–Trinajstić information content (AvgIpc) is 3.35. The van der Waals surface area contributed by atoms with Gasteiger partial charge < -0.3 is 4.90 Å². The quantitative estimate of drug-likeness (QED) is 0.827. The van der Waals surface area contributed by atoms with Gasteiger partial charge in [0.2, 0.25) is 5.91 Å². The molecule has 24 heavy (non-hydrogen) atoms. The second-order valence-electron chi connectivity index (χ2n) is 7.54. The minimum absolute atomic E-state index is 0.0194. The second-order valence-corrected chi connectivity index (χ2v) is 7.54. The molecule has 0 radical (unpaired) electrons. The van der Waals surface area contributed by atoms with Gasteiger partial charge in [-0.1, -0.05) is 0 Å². The average molecular weight is 330 g/mol. The first kappa shape index (κ1) is 15.8. The zero-order valence-electron chi connectivity index (χ0n) is 14.4. The molecule has 1 aliphatic carbocycles. The van der Waals surface area contributed by atoms with Gasteiger partial charge in [0.15, 0.2) is 0 Å². The zero-order chi connectivity index (χ0) is 16.7. The van der Waals surface area contributed by atoms with E-state index in [1.807, 2.05) is 6.92 Å². The van der Waals surface area contributed by atoms with Crippen molar-refractivity contribution >= 4 is 5.91 Å². The number of carbonyl (C=O) groups is 1. The lowest BCUT2D eigenvalue weighted by atomic mass is 9.95. The van der Waals surface area contributed by atoms with E-state index in [2.05, 4.69) is 14.9 Å². The molecule has 1 saturated carbocycles. The Morgan fingerprint density at radius 2 is 1.79 bits per heavy atom. The highest BCUT2D eigenvalue weighted by molar-refractivity contribution is 5.84. The molecule has 0 N–H and O–H groups in total. The Morgan fingerprint density at radius 1 is 1.04 bits per heavy atom. The summed E-state index contributed by atoms with van der Waals surface area (Å²) in [6.45, 7) is 5.47. The SMILES string of the molecule is Cc1ccc(=O)n(CC2CCN(C3CCN(C4CC4)C3=O)CC2)n1. The first-order chi connectivity index (χ1) is 11.6. The third-order valence-electron chi connectivity index (χ3n) is 5.72. The number of amides is 1. The van der Waals surface area contributed by atoms with E-state index in [4.69, 9.17) is 0 Å². The van der Waals surface area contributed by atoms with Crippen molar-refractivity contribution in [1.29, 1.82) is 0 Å². The van der Waals surface area contributed by atoms with E-state index in [9.17, 15) is 9.59 Å². The van der Waals surface area contributed by atoms with Crippen LogP contribution < -0.4 is 5.56 Å². The molecule has 3 aliphatic rings. The fourth-order valence-corrected chi connectivity index (χ4v) is 4.15. The predicted molar refractivity (Wildman–Crippen MR) is 90.7 cm³/mol. The second kappa shape index (κ2) is 6.31. The van der Waals surface area contributed by atoms with E-state index in [1.54, 1.807) is 16.8 Å². The number of hydrogen-bond donors (Lipinski definition) is 0. The number of aromatic nitrogens is 2. The van der Waals surface area contributed by atoms with Gasteiger partial charge in [0, 0.05) is 25.2 Å². The Kier molecular flexibility index (Phi) is 4.16. The summed E-state index contributed by atoms with van der Waals surface area (Å²) in [7, 11) is 0. The molecule has 4 rings (SSSR count). The fraction of sp³-hybridized carbons (Fsp3) is 0.722. The molecule has 0 aromatic carbocycles. The highest BCUT2D eigenvalue weighted by Crippen LogP contribution is 2.33. The van der Waals surface area contributed by atoms with Crippen LogP contribution in [0.5, 0.6) is 0 Å². The maximum atomic E-state index is 12.6. The molecule has 130 valence electrons. The topological polar surface area (TPSA) is 58.4 Å². The first-order valence-electron chi connectivity index (χ1n) is 9.21. The molecule has 1 aromatic rings. The van der Waals surface area contributed by atoms with E-state index >= 15 is 0 Å². The molecule has 1 amide bonds. The van der Waals surface area contributed by atoms with Crippen molar-refractivity contribution in [3.05, 3.63) is 28.2 Å². The van der Waals surface area contributed by atoms with Gasteiger partial charge in [-0.2, -0.15) is 5.10 Å². The summed E-state index contributed by atoms with van der Waals surface area (Å²) in [5.74, 6) is 0.830. The summed E-state index contributed by atoms with van der Waals surface area (Å²) in [4.78, 5) is 28.9. The number of hydrogen-bond acceptors (Lipinski definition) is 4. The maximum Gasteiger partial charge on any atom is 0.266 e. The minimum atomic E-state index is -0.0194. The van der Waals surface area contributed by atoms with Crippen LogP contribution >= 0.6 is 0 Å². The van der Waals surface area contributed by atoms with Gasteiger partial charge >= 0.3 is 0 Å². The van der Waals surface area contributed by atoms with E-state index in [-0.39, 0.29) is 11.6 Å². The molecule has 0 bridgehead atoms. The van der Waals surface area contributed by atoms with Gasteiger partial charge in [-0.15, -0.1) is 0 Å². The van der Waals surface area contributed by atoms with Crippen molar-refractivity contribution in [3.8, 4) is 0 Å². The summed E-state index contributed by atoms with van der Waals surface area (Å²) in [5, 5.41) is 4.34. The van der Waals surface area contributed by atoms with Crippen molar-refractivity contribution < 1.29 is 4.79 Å². The molecule has 0 spiro atoms. The van der Waals surface area contributed by atoms with Crippen LogP contribution in [-0.2, 0) is 11.3 Å². The van der Waals surface area contributed by atoms with E-state index in [1.165, 1.54) is 12.8 Å². The largest absolute Gasteiger partial charge is 0.338 e. The van der Waals surface area contributed by atoms with E-state index in [0.29, 0.717) is 24.4 Å². The highest BCUT2D eigenvalue weighted by Gasteiger charge is 2.43. The van der Waals surface area contributed by atoms with Crippen LogP contribution in [0.25, 0.3) is 0 Å². The lowest BCUT2D eigenvalue weighted by Crippen LogP contribution is -2.46. The predicted octanol–water partition coefficient (Wildman–Crippen LogP) is 1.03. The Bertz CT molecular complexity index is 674. The van der Waals surface area contributed by atoms with E-state index in [0.717, 1.165) is 44.6 Å². The molecule has 6 heteroatoms. The lowest BCUT2D eigenvalue weighted by Gasteiger charge is -2.35. The lowest BCUT2D eigenvalue weighted by molar-refractivity contribution is -0.133. The van der Waals surface area contributed by atoms with Gasteiger partial charge in [0.1, 0.15) is 0 Å². The van der Waals surface area contributed by atoms with Crippen LogP contribution in [0.4, 0.5) is 0 Å². The monoisotopic (exact) mass is 330 g/mol. The van der Waals surface area contributed by atoms with Crippen LogP contribution in [0.2, 0.25) is 0 Å². The van der Waals surface area contributed by atoms with Crippen molar-refractivity contribution in [1.82, 2.24) is 19.6 Å². The Hall–Kier alpha value is -1.69. The van der Waals surface area contributed by atoms with Crippen molar-refractivity contribution in [3.63, 3.8) is 0 Å². The zero-order valence-corrected chi connectivity index (χ0v) is 14.4. The third-order valence-corrected chi connectivity index (χ3v) is 5.72. The Labute approximate surface area is 142 Å². The standard InChI is InChI=1S/C18H26N4O2/c1-13-2-5-17(23)22(19-13)12-14-6-9-20(10-7-14)16-8-11-21(18(16)24)15-3-4-15/h2,5,14-16H,3-4,6-12H2,1H3. The molecule has 3 fully saturated rings. The molecule has 3 heterocycles. The molecular formula is C18H26N4O2. The number of nitrogens with zero attached hydrogens (tertiary/aromatic N) is 4. The van der Waals surface area contributed by atoms with Gasteiger partial charge in [-0.25, -0.2) is 4.68 Å². The first-order valence-corrected chi connectivity index (χ1v) is 9.21. The van der Waals surface area contributed by atoms with Crippen molar-refractivity contribution in [2.75, 3.05) is 19.6 Å². The summed E-state index contributed by atoms with van der Waals surface area (Å²) in [6, 6.07) is 4.01. The summed E-state index contributed by atoms with van der Waals surface area (Å²) >= 11 is 0. The summed E-state index contributed by atoms with van der Waals surface area (Å²) in [5.41, 5.74) is 0.859. The van der Waals surface area contributed by atoms with Crippen molar-refractivity contribution in [2.45, 2.75) is 57.7 Å². The Morgan fingerprint density at radius 3 is 2.50 bits per heavy atom. The molecule has 2 aliphatic heterocycles.